The molecule has 2 aliphatic carbocycles. The molecule has 0 aromatic heterocycles. The fourth-order valence-corrected chi connectivity index (χ4v) is 3.65. The summed E-state index contributed by atoms with van der Waals surface area (Å²) in [5.41, 5.74) is 3.88. The molecule has 0 amide bonds. The summed E-state index contributed by atoms with van der Waals surface area (Å²) in [5, 5.41) is 3.77. The van der Waals surface area contributed by atoms with E-state index in [9.17, 15) is 0 Å². The van der Waals surface area contributed by atoms with Crippen LogP contribution in [0.2, 0.25) is 0 Å². The van der Waals surface area contributed by atoms with E-state index >= 15 is 0 Å². The van der Waals surface area contributed by atoms with Gasteiger partial charge in [0.1, 0.15) is 0 Å². The Kier molecular flexibility index (Phi) is 3.01. The second kappa shape index (κ2) is 4.34. The van der Waals surface area contributed by atoms with Gasteiger partial charge in [0.2, 0.25) is 0 Å². The Morgan fingerprint density at radius 3 is 2.05 bits per heavy atom. The first kappa shape index (κ1) is 13.2. The van der Waals surface area contributed by atoms with E-state index in [2.05, 4.69) is 57.3 Å². The molecule has 2 aliphatic rings. The summed E-state index contributed by atoms with van der Waals surface area (Å²) in [5.74, 6) is 0.760. The molecule has 0 saturated heterocycles. The van der Waals surface area contributed by atoms with Crippen LogP contribution in [0.5, 0.6) is 0 Å². The first-order chi connectivity index (χ1) is 8.98. The maximum atomic E-state index is 3.77. The Morgan fingerprint density at radius 1 is 0.947 bits per heavy atom. The summed E-state index contributed by atoms with van der Waals surface area (Å²) in [7, 11) is 0. The van der Waals surface area contributed by atoms with Gasteiger partial charge in [0.15, 0.2) is 0 Å². The molecule has 0 aliphatic heterocycles. The van der Waals surface area contributed by atoms with Crippen LogP contribution in [-0.2, 0) is 11.0 Å². The van der Waals surface area contributed by atoms with E-state index in [1.807, 2.05) is 0 Å². The molecule has 1 N–H and O–H groups in total. The molecule has 0 radical (unpaired) electrons. The number of hydrogen-bond acceptors (Lipinski definition) is 1. The Labute approximate surface area is 117 Å². The van der Waals surface area contributed by atoms with Gasteiger partial charge >= 0.3 is 0 Å². The topological polar surface area (TPSA) is 12.0 Å². The van der Waals surface area contributed by atoms with Crippen LogP contribution in [-0.4, -0.2) is 6.04 Å². The smallest absolute Gasteiger partial charge is 0.0438 e. The van der Waals surface area contributed by atoms with Gasteiger partial charge in [-0.3, -0.25) is 0 Å². The maximum absolute atomic E-state index is 3.77. The van der Waals surface area contributed by atoms with Crippen molar-refractivity contribution in [3.8, 4) is 0 Å². The zero-order valence-corrected chi connectivity index (χ0v) is 12.8. The summed E-state index contributed by atoms with van der Waals surface area (Å²) in [6.45, 7) is 9.25. The number of hydrogen-bond donors (Lipinski definition) is 1. The van der Waals surface area contributed by atoms with Crippen LogP contribution >= 0.6 is 0 Å². The Hall–Kier alpha value is -0.820. The zero-order chi connectivity index (χ0) is 13.7. The van der Waals surface area contributed by atoms with E-state index in [4.69, 9.17) is 0 Å². The van der Waals surface area contributed by atoms with Crippen molar-refractivity contribution in [2.45, 2.75) is 70.4 Å². The van der Waals surface area contributed by atoms with E-state index in [-0.39, 0.29) is 5.54 Å². The van der Waals surface area contributed by atoms with E-state index in [1.54, 1.807) is 5.56 Å². The van der Waals surface area contributed by atoms with E-state index in [0.29, 0.717) is 11.5 Å². The molecule has 19 heavy (non-hydrogen) atoms. The van der Waals surface area contributed by atoms with Crippen molar-refractivity contribution < 1.29 is 0 Å². The average molecular weight is 257 g/mol. The van der Waals surface area contributed by atoms with Gasteiger partial charge < -0.3 is 5.32 Å². The highest BCUT2D eigenvalue weighted by atomic mass is 15.0. The second-order valence-electron chi connectivity index (χ2n) is 7.27. The molecule has 1 aromatic rings. The van der Waals surface area contributed by atoms with Crippen LogP contribution in [0.1, 0.15) is 64.5 Å². The minimum absolute atomic E-state index is 0.289. The predicted octanol–water partition coefficient (Wildman–Crippen LogP) is 4.36. The van der Waals surface area contributed by atoms with Crippen LogP contribution in [0, 0.1) is 5.92 Å². The molecule has 1 nitrogen and oxygen atoms in total. The average Bonchev–Trinajstić information content (AvgIpc) is 3.23. The van der Waals surface area contributed by atoms with Crippen LogP contribution in [0.3, 0.4) is 0 Å². The standard InChI is InChI=1S/C18H27N/c1-13(2)17(8-9-17)15-6-5-7-16(12-15)18(10-11-18)19-14(3)4/h5-7,12-14,19H,8-11H2,1-4H3. The SMILES string of the molecule is CC(C)NC1(c2cccc(C3(C(C)C)CC3)c2)CC1. The largest absolute Gasteiger partial charge is 0.305 e. The molecular formula is C18H27N. The molecule has 1 aromatic carbocycles. The summed E-state index contributed by atoms with van der Waals surface area (Å²) < 4.78 is 0. The fraction of sp³-hybridized carbons (Fsp3) is 0.667. The molecule has 2 saturated carbocycles. The van der Waals surface area contributed by atoms with Gasteiger partial charge in [-0.2, -0.15) is 0 Å². The number of rotatable bonds is 5. The molecule has 0 spiro atoms. The normalized spacial score (nSPS) is 22.8. The van der Waals surface area contributed by atoms with Crippen LogP contribution in [0.4, 0.5) is 0 Å². The monoisotopic (exact) mass is 257 g/mol. The van der Waals surface area contributed by atoms with Crippen LogP contribution in [0.15, 0.2) is 24.3 Å². The molecule has 0 unspecified atom stereocenters. The lowest BCUT2D eigenvalue weighted by Crippen LogP contribution is -2.34. The molecule has 0 atom stereocenters. The first-order valence-electron chi connectivity index (χ1n) is 7.87. The quantitative estimate of drug-likeness (QED) is 0.826. The molecule has 0 heterocycles. The third-order valence-electron chi connectivity index (χ3n) is 5.20. The van der Waals surface area contributed by atoms with Gasteiger partial charge in [-0.25, -0.2) is 0 Å². The lowest BCUT2D eigenvalue weighted by Gasteiger charge is -2.25. The van der Waals surface area contributed by atoms with Gasteiger partial charge in [-0.15, -0.1) is 0 Å². The van der Waals surface area contributed by atoms with E-state index in [1.165, 1.54) is 31.2 Å². The van der Waals surface area contributed by atoms with E-state index in [0.717, 1.165) is 5.92 Å². The van der Waals surface area contributed by atoms with Crippen LogP contribution in [0.25, 0.3) is 0 Å². The first-order valence-corrected chi connectivity index (χ1v) is 7.87. The van der Waals surface area contributed by atoms with Gasteiger partial charge in [-0.05, 0) is 48.1 Å². The lowest BCUT2D eigenvalue weighted by atomic mass is 9.83. The van der Waals surface area contributed by atoms with Gasteiger partial charge in [0.05, 0.1) is 0 Å². The van der Waals surface area contributed by atoms with Crippen molar-refractivity contribution in [2.24, 2.45) is 5.92 Å². The third kappa shape index (κ3) is 2.23. The van der Waals surface area contributed by atoms with Gasteiger partial charge in [0.25, 0.3) is 0 Å². The molecule has 2 fully saturated rings. The fourth-order valence-electron chi connectivity index (χ4n) is 3.65. The summed E-state index contributed by atoms with van der Waals surface area (Å²) in [6, 6.07) is 10.0. The van der Waals surface area contributed by atoms with Crippen molar-refractivity contribution in [1.29, 1.82) is 0 Å². The Bertz CT molecular complexity index is 464. The molecule has 3 rings (SSSR count). The van der Waals surface area contributed by atoms with Crippen LogP contribution < -0.4 is 5.32 Å². The minimum atomic E-state index is 0.289. The Morgan fingerprint density at radius 2 is 1.58 bits per heavy atom. The van der Waals surface area contributed by atoms with Crippen molar-refractivity contribution in [2.75, 3.05) is 0 Å². The maximum Gasteiger partial charge on any atom is 0.0438 e. The highest BCUT2D eigenvalue weighted by molar-refractivity contribution is 5.40. The number of nitrogens with one attached hydrogen (secondary N) is 1. The molecular weight excluding hydrogens is 230 g/mol. The summed E-state index contributed by atoms with van der Waals surface area (Å²) in [6.07, 6.45) is 5.34. The lowest BCUT2D eigenvalue weighted by molar-refractivity contribution is 0.456. The summed E-state index contributed by atoms with van der Waals surface area (Å²) in [4.78, 5) is 0. The van der Waals surface area contributed by atoms with Crippen molar-refractivity contribution in [3.05, 3.63) is 35.4 Å². The zero-order valence-electron chi connectivity index (χ0n) is 12.8. The number of benzene rings is 1. The molecule has 0 bridgehead atoms. The van der Waals surface area contributed by atoms with Gasteiger partial charge in [0, 0.05) is 11.6 Å². The third-order valence-corrected chi connectivity index (χ3v) is 5.20. The van der Waals surface area contributed by atoms with Crippen molar-refractivity contribution in [3.63, 3.8) is 0 Å². The molecule has 1 heteroatoms. The highest BCUT2D eigenvalue weighted by Gasteiger charge is 2.49. The Balaban J connectivity index is 1.89. The summed E-state index contributed by atoms with van der Waals surface area (Å²) >= 11 is 0. The van der Waals surface area contributed by atoms with Crippen molar-refractivity contribution >= 4 is 0 Å². The van der Waals surface area contributed by atoms with E-state index < -0.39 is 0 Å². The van der Waals surface area contributed by atoms with Crippen molar-refractivity contribution in [1.82, 2.24) is 5.32 Å². The second-order valence-corrected chi connectivity index (χ2v) is 7.27. The van der Waals surface area contributed by atoms with Gasteiger partial charge in [-0.1, -0.05) is 52.0 Å². The minimum Gasteiger partial charge on any atom is -0.305 e. The highest BCUT2D eigenvalue weighted by Crippen LogP contribution is 2.55. The molecule has 104 valence electrons. The predicted molar refractivity (Wildman–Crippen MR) is 81.4 cm³/mol.